The van der Waals surface area contributed by atoms with Gasteiger partial charge in [-0.1, -0.05) is 37.6 Å². The molecule has 2 rings (SSSR count). The summed E-state index contributed by atoms with van der Waals surface area (Å²) in [5, 5.41) is 2.88. The van der Waals surface area contributed by atoms with Crippen LogP contribution in [0.15, 0.2) is 46.9 Å². The number of benzene rings is 2. The second kappa shape index (κ2) is 9.62. The Bertz CT molecular complexity index is 729. The van der Waals surface area contributed by atoms with Crippen LogP contribution < -0.4 is 14.8 Å². The number of carbonyl (C=O) groups is 1. The Morgan fingerprint density at radius 2 is 1.77 bits per heavy atom. The number of ether oxygens (including phenoxy) is 2. The van der Waals surface area contributed by atoms with Gasteiger partial charge in [0, 0.05) is 0 Å². The predicted octanol–water partition coefficient (Wildman–Crippen LogP) is 4.84. The van der Waals surface area contributed by atoms with Crippen molar-refractivity contribution in [2.75, 3.05) is 13.2 Å². The van der Waals surface area contributed by atoms with Crippen LogP contribution in [0.5, 0.6) is 11.5 Å². The summed E-state index contributed by atoms with van der Waals surface area (Å²) in [6.07, 6.45) is 0. The van der Waals surface area contributed by atoms with Gasteiger partial charge in [-0.25, -0.2) is 0 Å². The maximum absolute atomic E-state index is 12.1. The minimum Gasteiger partial charge on any atom is -0.491 e. The van der Waals surface area contributed by atoms with Gasteiger partial charge in [0.25, 0.3) is 5.91 Å². The molecule has 0 aliphatic rings. The van der Waals surface area contributed by atoms with Gasteiger partial charge in [0.15, 0.2) is 6.61 Å². The van der Waals surface area contributed by atoms with E-state index in [1.165, 1.54) is 11.1 Å². The van der Waals surface area contributed by atoms with Gasteiger partial charge in [-0.3, -0.25) is 4.79 Å². The SMILES string of the molecule is Cc1ccc(OC[C@@H](C)NC(=O)COc2ccc(C(C)C)cc2Br)cc1. The lowest BCUT2D eigenvalue weighted by Gasteiger charge is -2.16. The molecule has 0 bridgehead atoms. The second-order valence-corrected chi connectivity index (χ2v) is 7.58. The number of hydrogen-bond acceptors (Lipinski definition) is 3. The van der Waals surface area contributed by atoms with Gasteiger partial charge in [0.05, 0.1) is 10.5 Å². The number of nitrogens with one attached hydrogen (secondary N) is 1. The first-order chi connectivity index (χ1) is 12.3. The smallest absolute Gasteiger partial charge is 0.258 e. The van der Waals surface area contributed by atoms with E-state index in [0.29, 0.717) is 18.3 Å². The van der Waals surface area contributed by atoms with Crippen molar-refractivity contribution >= 4 is 21.8 Å². The van der Waals surface area contributed by atoms with Gasteiger partial charge in [0.2, 0.25) is 0 Å². The number of aryl methyl sites for hydroxylation is 1. The predicted molar refractivity (Wildman–Crippen MR) is 108 cm³/mol. The maximum atomic E-state index is 12.1. The van der Waals surface area contributed by atoms with Crippen LogP contribution >= 0.6 is 15.9 Å². The van der Waals surface area contributed by atoms with Crippen LogP contribution in [0.1, 0.15) is 37.8 Å². The summed E-state index contributed by atoms with van der Waals surface area (Å²) in [5.41, 5.74) is 2.40. The lowest BCUT2D eigenvalue weighted by atomic mass is 10.0. The van der Waals surface area contributed by atoms with Crippen molar-refractivity contribution in [3.05, 3.63) is 58.1 Å². The first kappa shape index (κ1) is 20.3. The Morgan fingerprint density at radius 1 is 1.08 bits per heavy atom. The fraction of sp³-hybridized carbons (Fsp3) is 0.381. The molecular formula is C21H26BrNO3. The average molecular weight is 420 g/mol. The number of amides is 1. The molecule has 0 fully saturated rings. The van der Waals surface area contributed by atoms with Crippen LogP contribution in [-0.4, -0.2) is 25.2 Å². The van der Waals surface area contributed by atoms with E-state index in [9.17, 15) is 4.79 Å². The quantitative estimate of drug-likeness (QED) is 0.665. The van der Waals surface area contributed by atoms with Gasteiger partial charge in [-0.15, -0.1) is 0 Å². The first-order valence-corrected chi connectivity index (χ1v) is 9.55. The molecule has 0 aliphatic heterocycles. The molecule has 5 heteroatoms. The lowest BCUT2D eigenvalue weighted by molar-refractivity contribution is -0.123. The van der Waals surface area contributed by atoms with Gasteiger partial charge in [-0.2, -0.15) is 0 Å². The van der Waals surface area contributed by atoms with Crippen LogP contribution in [0.3, 0.4) is 0 Å². The number of halogens is 1. The Morgan fingerprint density at radius 3 is 2.38 bits per heavy atom. The van der Waals surface area contributed by atoms with Crippen molar-refractivity contribution in [2.24, 2.45) is 0 Å². The Kier molecular flexibility index (Phi) is 7.51. The topological polar surface area (TPSA) is 47.6 Å². The zero-order valence-corrected chi connectivity index (χ0v) is 17.3. The molecule has 2 aromatic rings. The zero-order chi connectivity index (χ0) is 19.1. The van der Waals surface area contributed by atoms with Crippen molar-refractivity contribution < 1.29 is 14.3 Å². The molecule has 0 unspecified atom stereocenters. The third kappa shape index (κ3) is 6.37. The molecule has 0 saturated carbocycles. The molecule has 26 heavy (non-hydrogen) atoms. The maximum Gasteiger partial charge on any atom is 0.258 e. The first-order valence-electron chi connectivity index (χ1n) is 8.76. The van der Waals surface area contributed by atoms with Gasteiger partial charge in [0.1, 0.15) is 18.1 Å². The largest absolute Gasteiger partial charge is 0.491 e. The van der Waals surface area contributed by atoms with Crippen molar-refractivity contribution in [2.45, 2.75) is 39.7 Å². The zero-order valence-electron chi connectivity index (χ0n) is 15.7. The highest BCUT2D eigenvalue weighted by Gasteiger charge is 2.11. The minimum atomic E-state index is -0.176. The van der Waals surface area contributed by atoms with Crippen LogP contribution in [0.2, 0.25) is 0 Å². The number of rotatable bonds is 8. The molecule has 0 aliphatic carbocycles. The third-order valence-corrected chi connectivity index (χ3v) is 4.53. The summed E-state index contributed by atoms with van der Waals surface area (Å²) < 4.78 is 12.1. The standard InChI is InChI=1S/C21H26BrNO3/c1-14(2)17-7-10-20(19(22)11-17)26-13-21(24)23-16(4)12-25-18-8-5-15(3)6-9-18/h5-11,14,16H,12-13H2,1-4H3,(H,23,24)/t16-/m1/s1. The van der Waals surface area contributed by atoms with E-state index in [1.807, 2.05) is 56.3 Å². The van der Waals surface area contributed by atoms with Crippen molar-refractivity contribution in [1.29, 1.82) is 0 Å². The summed E-state index contributed by atoms with van der Waals surface area (Å²) in [6, 6.07) is 13.6. The van der Waals surface area contributed by atoms with E-state index in [-0.39, 0.29) is 18.6 Å². The lowest BCUT2D eigenvalue weighted by Crippen LogP contribution is -2.39. The molecule has 0 saturated heterocycles. The van der Waals surface area contributed by atoms with E-state index in [1.54, 1.807) is 0 Å². The fourth-order valence-electron chi connectivity index (χ4n) is 2.35. The molecule has 2 aromatic carbocycles. The number of hydrogen-bond donors (Lipinski definition) is 1. The van der Waals surface area contributed by atoms with Gasteiger partial charge >= 0.3 is 0 Å². The summed E-state index contributed by atoms with van der Waals surface area (Å²) in [6.45, 7) is 8.57. The monoisotopic (exact) mass is 419 g/mol. The molecule has 1 N–H and O–H groups in total. The molecule has 0 spiro atoms. The van der Waals surface area contributed by atoms with Crippen molar-refractivity contribution in [1.82, 2.24) is 5.32 Å². The Hall–Kier alpha value is -2.01. The fourth-order valence-corrected chi connectivity index (χ4v) is 2.86. The summed E-state index contributed by atoms with van der Waals surface area (Å²) >= 11 is 3.50. The van der Waals surface area contributed by atoms with Crippen molar-refractivity contribution in [3.8, 4) is 11.5 Å². The molecule has 1 amide bonds. The highest BCUT2D eigenvalue weighted by molar-refractivity contribution is 9.10. The molecule has 0 radical (unpaired) electrons. The highest BCUT2D eigenvalue weighted by Crippen LogP contribution is 2.28. The van der Waals surface area contributed by atoms with E-state index >= 15 is 0 Å². The molecule has 0 aromatic heterocycles. The third-order valence-electron chi connectivity index (χ3n) is 3.91. The van der Waals surface area contributed by atoms with Gasteiger partial charge < -0.3 is 14.8 Å². The summed E-state index contributed by atoms with van der Waals surface area (Å²) in [5.74, 6) is 1.72. The second-order valence-electron chi connectivity index (χ2n) is 6.73. The molecule has 4 nitrogen and oxygen atoms in total. The Balaban J connectivity index is 1.76. The van der Waals surface area contributed by atoms with E-state index in [4.69, 9.17) is 9.47 Å². The minimum absolute atomic E-state index is 0.0332. The van der Waals surface area contributed by atoms with Gasteiger partial charge in [-0.05, 0) is 65.5 Å². The summed E-state index contributed by atoms with van der Waals surface area (Å²) in [4.78, 5) is 12.1. The molecule has 1 atom stereocenters. The van der Waals surface area contributed by atoms with Crippen LogP contribution in [-0.2, 0) is 4.79 Å². The highest BCUT2D eigenvalue weighted by atomic mass is 79.9. The normalized spacial score (nSPS) is 11.9. The molecule has 0 heterocycles. The van der Waals surface area contributed by atoms with E-state index < -0.39 is 0 Å². The Labute approximate surface area is 164 Å². The average Bonchev–Trinajstić information content (AvgIpc) is 2.60. The van der Waals surface area contributed by atoms with Crippen LogP contribution in [0.25, 0.3) is 0 Å². The van der Waals surface area contributed by atoms with Crippen LogP contribution in [0.4, 0.5) is 0 Å². The molecule has 140 valence electrons. The number of carbonyl (C=O) groups excluding carboxylic acids is 1. The van der Waals surface area contributed by atoms with Crippen LogP contribution in [0, 0.1) is 6.92 Å². The molecular weight excluding hydrogens is 394 g/mol. The summed E-state index contributed by atoms with van der Waals surface area (Å²) in [7, 11) is 0. The van der Waals surface area contributed by atoms with Crippen molar-refractivity contribution in [3.63, 3.8) is 0 Å². The van der Waals surface area contributed by atoms with E-state index in [2.05, 4.69) is 35.1 Å². The van der Waals surface area contributed by atoms with E-state index in [0.717, 1.165) is 10.2 Å².